The van der Waals surface area contributed by atoms with Crippen LogP contribution in [0.15, 0.2) is 24.4 Å². The molecule has 1 rings (SSSR count). The van der Waals surface area contributed by atoms with Crippen molar-refractivity contribution in [3.8, 4) is 0 Å². The molecule has 1 aromatic rings. The summed E-state index contributed by atoms with van der Waals surface area (Å²) in [5.41, 5.74) is 1.07. The van der Waals surface area contributed by atoms with Gasteiger partial charge in [0.05, 0.1) is 11.8 Å². The van der Waals surface area contributed by atoms with E-state index in [2.05, 4.69) is 9.88 Å². The van der Waals surface area contributed by atoms with Gasteiger partial charge < -0.3 is 10.0 Å². The van der Waals surface area contributed by atoms with Gasteiger partial charge in [-0.25, -0.2) is 0 Å². The first-order valence-electron chi connectivity index (χ1n) is 4.95. The van der Waals surface area contributed by atoms with E-state index in [9.17, 15) is 0 Å². The standard InChI is InChI=1S/C11H18N2O/c1-10(14)6-8-13(2)9-11-5-3-4-7-12-11/h3-5,7,10,14H,6,8-9H2,1-2H3. The minimum atomic E-state index is -0.221. The molecule has 78 valence electrons. The lowest BCUT2D eigenvalue weighted by Gasteiger charge is -2.16. The molecule has 0 spiro atoms. The molecule has 0 radical (unpaired) electrons. The zero-order chi connectivity index (χ0) is 10.4. The van der Waals surface area contributed by atoms with E-state index in [1.54, 1.807) is 6.20 Å². The maximum Gasteiger partial charge on any atom is 0.0543 e. The van der Waals surface area contributed by atoms with Gasteiger partial charge in [-0.05, 0) is 32.5 Å². The summed E-state index contributed by atoms with van der Waals surface area (Å²) in [6, 6.07) is 5.92. The van der Waals surface area contributed by atoms with Crippen molar-refractivity contribution in [2.24, 2.45) is 0 Å². The van der Waals surface area contributed by atoms with Crippen LogP contribution in [0.4, 0.5) is 0 Å². The summed E-state index contributed by atoms with van der Waals surface area (Å²) in [6.45, 7) is 3.55. The van der Waals surface area contributed by atoms with Crippen molar-refractivity contribution in [1.29, 1.82) is 0 Å². The SMILES string of the molecule is CC(O)CCN(C)Cc1ccccn1. The molecule has 0 aliphatic heterocycles. The molecule has 0 aliphatic rings. The quantitative estimate of drug-likeness (QED) is 0.767. The van der Waals surface area contributed by atoms with Gasteiger partial charge in [0.1, 0.15) is 0 Å². The fraction of sp³-hybridized carbons (Fsp3) is 0.545. The molecule has 0 bridgehead atoms. The zero-order valence-electron chi connectivity index (χ0n) is 8.85. The molecule has 0 amide bonds. The summed E-state index contributed by atoms with van der Waals surface area (Å²) in [4.78, 5) is 6.40. The van der Waals surface area contributed by atoms with Crippen LogP contribution in [0.25, 0.3) is 0 Å². The van der Waals surface area contributed by atoms with E-state index in [1.165, 1.54) is 0 Å². The summed E-state index contributed by atoms with van der Waals surface area (Å²) in [6.07, 6.45) is 2.39. The van der Waals surface area contributed by atoms with E-state index in [0.717, 1.165) is 25.2 Å². The molecule has 0 saturated carbocycles. The Balaban J connectivity index is 2.30. The first kappa shape index (κ1) is 11.1. The molecular formula is C11H18N2O. The molecule has 1 atom stereocenters. The lowest BCUT2D eigenvalue weighted by atomic mass is 10.2. The highest BCUT2D eigenvalue weighted by atomic mass is 16.3. The summed E-state index contributed by atoms with van der Waals surface area (Å²) in [5.74, 6) is 0. The van der Waals surface area contributed by atoms with Crippen LogP contribution in [0, 0.1) is 0 Å². The van der Waals surface area contributed by atoms with Crippen LogP contribution in [0.5, 0.6) is 0 Å². The van der Waals surface area contributed by atoms with Gasteiger partial charge in [0.25, 0.3) is 0 Å². The predicted octanol–water partition coefficient (Wildman–Crippen LogP) is 1.28. The van der Waals surface area contributed by atoms with Gasteiger partial charge in [-0.1, -0.05) is 6.07 Å². The summed E-state index contributed by atoms with van der Waals surface area (Å²) in [7, 11) is 2.04. The molecule has 1 heterocycles. The van der Waals surface area contributed by atoms with E-state index in [1.807, 2.05) is 32.2 Å². The van der Waals surface area contributed by atoms with Crippen molar-refractivity contribution in [2.75, 3.05) is 13.6 Å². The van der Waals surface area contributed by atoms with Gasteiger partial charge in [0, 0.05) is 19.3 Å². The molecule has 1 aromatic heterocycles. The van der Waals surface area contributed by atoms with E-state index in [4.69, 9.17) is 5.11 Å². The number of rotatable bonds is 5. The van der Waals surface area contributed by atoms with Crippen molar-refractivity contribution < 1.29 is 5.11 Å². The van der Waals surface area contributed by atoms with Gasteiger partial charge in [0.15, 0.2) is 0 Å². The number of hydrogen-bond acceptors (Lipinski definition) is 3. The highest BCUT2D eigenvalue weighted by molar-refractivity contribution is 5.02. The Morgan fingerprint density at radius 1 is 1.50 bits per heavy atom. The Labute approximate surface area is 85.4 Å². The Morgan fingerprint density at radius 3 is 2.86 bits per heavy atom. The minimum Gasteiger partial charge on any atom is -0.393 e. The van der Waals surface area contributed by atoms with E-state index >= 15 is 0 Å². The molecule has 0 fully saturated rings. The molecule has 0 saturated heterocycles. The van der Waals surface area contributed by atoms with Gasteiger partial charge in [0.2, 0.25) is 0 Å². The molecule has 0 aromatic carbocycles. The number of hydrogen-bond donors (Lipinski definition) is 1. The number of nitrogens with zero attached hydrogens (tertiary/aromatic N) is 2. The van der Waals surface area contributed by atoms with Crippen LogP contribution in [0.2, 0.25) is 0 Å². The summed E-state index contributed by atoms with van der Waals surface area (Å²) >= 11 is 0. The molecule has 3 nitrogen and oxygen atoms in total. The van der Waals surface area contributed by atoms with Crippen LogP contribution >= 0.6 is 0 Å². The van der Waals surface area contributed by atoms with Crippen LogP contribution in [-0.4, -0.2) is 34.7 Å². The van der Waals surface area contributed by atoms with Crippen molar-refractivity contribution in [3.63, 3.8) is 0 Å². The van der Waals surface area contributed by atoms with E-state index < -0.39 is 0 Å². The highest BCUT2D eigenvalue weighted by Gasteiger charge is 2.02. The third-order valence-corrected chi connectivity index (χ3v) is 2.09. The van der Waals surface area contributed by atoms with Gasteiger partial charge in [-0.2, -0.15) is 0 Å². The monoisotopic (exact) mass is 194 g/mol. The lowest BCUT2D eigenvalue weighted by molar-refractivity contribution is 0.162. The number of aromatic nitrogens is 1. The molecule has 0 aliphatic carbocycles. The third kappa shape index (κ3) is 4.35. The minimum absolute atomic E-state index is 0.221. The maximum absolute atomic E-state index is 9.13. The Morgan fingerprint density at radius 2 is 2.29 bits per heavy atom. The van der Waals surface area contributed by atoms with Crippen molar-refractivity contribution in [1.82, 2.24) is 9.88 Å². The topological polar surface area (TPSA) is 36.4 Å². The summed E-state index contributed by atoms with van der Waals surface area (Å²) < 4.78 is 0. The number of aliphatic hydroxyl groups excluding tert-OH is 1. The van der Waals surface area contributed by atoms with Crippen molar-refractivity contribution in [3.05, 3.63) is 30.1 Å². The molecular weight excluding hydrogens is 176 g/mol. The highest BCUT2D eigenvalue weighted by Crippen LogP contribution is 2.00. The van der Waals surface area contributed by atoms with Gasteiger partial charge in [-0.3, -0.25) is 4.98 Å². The molecule has 1 N–H and O–H groups in total. The van der Waals surface area contributed by atoms with Crippen LogP contribution in [0.3, 0.4) is 0 Å². The first-order valence-corrected chi connectivity index (χ1v) is 4.95. The zero-order valence-corrected chi connectivity index (χ0v) is 8.85. The van der Waals surface area contributed by atoms with Crippen molar-refractivity contribution in [2.45, 2.75) is 26.0 Å². The second kappa shape index (κ2) is 5.73. The maximum atomic E-state index is 9.13. The van der Waals surface area contributed by atoms with Crippen molar-refractivity contribution >= 4 is 0 Å². The van der Waals surface area contributed by atoms with Gasteiger partial charge >= 0.3 is 0 Å². The molecule has 14 heavy (non-hydrogen) atoms. The van der Waals surface area contributed by atoms with Crippen LogP contribution in [-0.2, 0) is 6.54 Å². The van der Waals surface area contributed by atoms with Gasteiger partial charge in [-0.15, -0.1) is 0 Å². The third-order valence-electron chi connectivity index (χ3n) is 2.09. The fourth-order valence-corrected chi connectivity index (χ4v) is 1.25. The Hall–Kier alpha value is -0.930. The average Bonchev–Trinajstić information content (AvgIpc) is 2.16. The Bertz CT molecular complexity index is 249. The number of pyridine rings is 1. The smallest absolute Gasteiger partial charge is 0.0543 e. The normalized spacial score (nSPS) is 13.1. The fourth-order valence-electron chi connectivity index (χ4n) is 1.25. The van der Waals surface area contributed by atoms with Crippen LogP contribution < -0.4 is 0 Å². The van der Waals surface area contributed by atoms with E-state index in [0.29, 0.717) is 0 Å². The average molecular weight is 194 g/mol. The molecule has 3 heteroatoms. The Kier molecular flexibility index (Phi) is 4.56. The second-order valence-corrected chi connectivity index (χ2v) is 3.70. The second-order valence-electron chi connectivity index (χ2n) is 3.70. The largest absolute Gasteiger partial charge is 0.393 e. The lowest BCUT2D eigenvalue weighted by Crippen LogP contribution is -2.22. The summed E-state index contributed by atoms with van der Waals surface area (Å²) in [5, 5.41) is 9.13. The predicted molar refractivity (Wildman–Crippen MR) is 56.9 cm³/mol. The van der Waals surface area contributed by atoms with Crippen LogP contribution in [0.1, 0.15) is 19.0 Å². The first-order chi connectivity index (χ1) is 6.68. The number of aliphatic hydroxyl groups is 1. The van der Waals surface area contributed by atoms with E-state index in [-0.39, 0.29) is 6.10 Å². The molecule has 1 unspecified atom stereocenters.